The van der Waals surface area contributed by atoms with Gasteiger partial charge in [0.05, 0.1) is 19.8 Å². The Kier molecular flexibility index (Phi) is 11.5. The normalized spacial score (nSPS) is 46.0. The van der Waals surface area contributed by atoms with Crippen LogP contribution < -0.4 is 10.6 Å². The first-order valence-corrected chi connectivity index (χ1v) is 12.6. The fourth-order valence-electron chi connectivity index (χ4n) is 4.76. The number of rotatable bonds is 9. The monoisotopic (exact) mass is 586 g/mol. The number of carbonyl (C=O) groups is 2. The molecule has 40 heavy (non-hydrogen) atoms. The van der Waals surface area contributed by atoms with Gasteiger partial charge in [-0.25, -0.2) is 0 Å². The number of aliphatic hydroxyl groups is 9. The smallest absolute Gasteiger partial charge is 0.217 e. The molecule has 2 amide bonds. The Morgan fingerprint density at radius 3 is 1.73 bits per heavy atom. The molecule has 0 saturated carbocycles. The minimum atomic E-state index is -1.81. The third kappa shape index (κ3) is 7.23. The Morgan fingerprint density at radius 2 is 1.18 bits per heavy atom. The zero-order chi connectivity index (χ0) is 29.9. The van der Waals surface area contributed by atoms with Crippen molar-refractivity contribution in [3.8, 4) is 0 Å². The van der Waals surface area contributed by atoms with Crippen molar-refractivity contribution in [1.29, 1.82) is 0 Å². The maximum Gasteiger partial charge on any atom is 0.217 e. The molecule has 0 aliphatic carbocycles. The minimum absolute atomic E-state index is 0.625. The van der Waals surface area contributed by atoms with Crippen molar-refractivity contribution >= 4 is 11.8 Å². The molecular weight excluding hydrogens is 548 g/mol. The van der Waals surface area contributed by atoms with Crippen LogP contribution in [-0.4, -0.2) is 170 Å². The number of aliphatic hydroxyl groups excluding tert-OH is 9. The molecule has 3 saturated heterocycles. The number of hydrogen-bond donors (Lipinski definition) is 11. The van der Waals surface area contributed by atoms with Gasteiger partial charge in [0.25, 0.3) is 0 Å². The lowest BCUT2D eigenvalue weighted by atomic mass is 9.94. The minimum Gasteiger partial charge on any atom is -0.394 e. The molecule has 3 fully saturated rings. The van der Waals surface area contributed by atoms with Crippen molar-refractivity contribution in [2.45, 2.75) is 106 Å². The van der Waals surface area contributed by atoms with Gasteiger partial charge in [0, 0.05) is 13.8 Å². The summed E-state index contributed by atoms with van der Waals surface area (Å²) in [6, 6.07) is -2.86. The van der Waals surface area contributed by atoms with E-state index in [1.807, 2.05) is 0 Å². The third-order valence-corrected chi connectivity index (χ3v) is 6.88. The van der Waals surface area contributed by atoms with Gasteiger partial charge in [-0.1, -0.05) is 0 Å². The molecule has 0 aromatic heterocycles. The summed E-state index contributed by atoms with van der Waals surface area (Å²) in [6.07, 6.45) is -21.0. The molecule has 3 heterocycles. The van der Waals surface area contributed by atoms with Crippen LogP contribution in [0.4, 0.5) is 0 Å². The van der Waals surface area contributed by atoms with Crippen molar-refractivity contribution in [3.63, 3.8) is 0 Å². The van der Waals surface area contributed by atoms with Crippen LogP contribution in [0.3, 0.4) is 0 Å². The summed E-state index contributed by atoms with van der Waals surface area (Å²) < 4.78 is 27.6. The van der Waals surface area contributed by atoms with E-state index in [1.54, 1.807) is 0 Å². The van der Waals surface area contributed by atoms with Gasteiger partial charge in [-0.15, -0.1) is 0 Å². The zero-order valence-electron chi connectivity index (χ0n) is 21.7. The molecule has 11 N–H and O–H groups in total. The van der Waals surface area contributed by atoms with E-state index < -0.39 is 124 Å². The Labute approximate surface area is 228 Å². The van der Waals surface area contributed by atoms with Crippen molar-refractivity contribution in [1.82, 2.24) is 10.6 Å². The number of hydrogen-bond acceptors (Lipinski definition) is 16. The number of amides is 2. The fraction of sp³-hybridized carbons (Fsp3) is 0.909. The van der Waals surface area contributed by atoms with E-state index in [0.717, 1.165) is 13.8 Å². The Bertz CT molecular complexity index is 852. The maximum atomic E-state index is 11.8. The molecule has 3 unspecified atom stereocenters. The molecule has 15 atom stereocenters. The molecule has 232 valence electrons. The lowest BCUT2D eigenvalue weighted by Gasteiger charge is -2.48. The molecule has 3 aliphatic heterocycles. The van der Waals surface area contributed by atoms with Crippen molar-refractivity contribution in [3.05, 3.63) is 0 Å². The second-order valence-electron chi connectivity index (χ2n) is 9.85. The van der Waals surface area contributed by atoms with Gasteiger partial charge in [-0.2, -0.15) is 0 Å². The summed E-state index contributed by atoms with van der Waals surface area (Å²) in [6.45, 7) is 0.124. The summed E-state index contributed by atoms with van der Waals surface area (Å²) in [5.74, 6) is -1.30. The zero-order valence-corrected chi connectivity index (χ0v) is 21.7. The van der Waals surface area contributed by atoms with Crippen LogP contribution >= 0.6 is 0 Å². The van der Waals surface area contributed by atoms with Crippen LogP contribution in [0.5, 0.6) is 0 Å². The molecule has 0 bridgehead atoms. The van der Waals surface area contributed by atoms with E-state index >= 15 is 0 Å². The molecule has 18 heteroatoms. The van der Waals surface area contributed by atoms with Crippen molar-refractivity contribution in [2.24, 2.45) is 0 Å². The highest BCUT2D eigenvalue weighted by Crippen LogP contribution is 2.30. The van der Waals surface area contributed by atoms with Crippen LogP contribution in [-0.2, 0) is 33.3 Å². The number of nitrogens with one attached hydrogen (secondary N) is 2. The summed E-state index contributed by atoms with van der Waals surface area (Å²) in [7, 11) is 0. The van der Waals surface area contributed by atoms with E-state index in [2.05, 4.69) is 10.6 Å². The first-order chi connectivity index (χ1) is 18.8. The quantitative estimate of drug-likeness (QED) is 0.120. The molecule has 18 nitrogen and oxygen atoms in total. The van der Waals surface area contributed by atoms with Gasteiger partial charge in [0.2, 0.25) is 11.8 Å². The van der Waals surface area contributed by atoms with E-state index in [9.17, 15) is 55.5 Å². The highest BCUT2D eigenvalue weighted by atomic mass is 16.7. The van der Waals surface area contributed by atoms with Crippen LogP contribution in [0.15, 0.2) is 0 Å². The number of ether oxygens (including phenoxy) is 5. The molecule has 0 aromatic carbocycles. The molecule has 3 aliphatic rings. The van der Waals surface area contributed by atoms with Crippen molar-refractivity contribution < 1.29 is 79.2 Å². The molecule has 0 aromatic rings. The SMILES string of the molecule is CC(=O)N[C@@H]1C(O[C@H]2[C@H](O)[C@H](NC(C)=O)C(O)O[C@@H]2COC2O[C@H](CO)[C@H](O)[C@H](O)[C@H]2O)O[C@H](CO)[C@@H](O)[C@@H]1O. The highest BCUT2D eigenvalue weighted by molar-refractivity contribution is 5.73. The predicted molar refractivity (Wildman–Crippen MR) is 124 cm³/mol. The first-order valence-electron chi connectivity index (χ1n) is 12.6. The highest BCUT2D eigenvalue weighted by Gasteiger charge is 2.52. The lowest BCUT2D eigenvalue weighted by molar-refractivity contribution is -0.342. The molecular formula is C22H38N2O16. The largest absolute Gasteiger partial charge is 0.394 e. The summed E-state index contributed by atoms with van der Waals surface area (Å²) in [5, 5.41) is 96.2. The molecule has 0 spiro atoms. The average molecular weight is 587 g/mol. The standard InChI is InChI=1S/C22H38N2O16/c1-6(27)23-11-16(32)19(40-21-12(24-7(2)28)15(31)13(29)8(3-25)38-21)10(37-20(11)35)5-36-22-18(34)17(33)14(30)9(4-26)39-22/h8-22,25-26,29-35H,3-5H2,1-2H3,(H,23,27)(H,24,28)/t8-,9-,10-,11+,12+,13-,14+,15-,16-,17+,18-,19-,20?,21?,22?/m1/s1. The van der Waals surface area contributed by atoms with Crippen LogP contribution in [0.1, 0.15) is 13.8 Å². The van der Waals surface area contributed by atoms with Crippen LogP contribution in [0, 0.1) is 0 Å². The van der Waals surface area contributed by atoms with Crippen LogP contribution in [0.25, 0.3) is 0 Å². The summed E-state index contributed by atoms with van der Waals surface area (Å²) >= 11 is 0. The first kappa shape index (κ1) is 32.9. The van der Waals surface area contributed by atoms with Crippen molar-refractivity contribution in [2.75, 3.05) is 19.8 Å². The summed E-state index contributed by atoms with van der Waals surface area (Å²) in [4.78, 5) is 23.5. The maximum absolute atomic E-state index is 11.8. The van der Waals surface area contributed by atoms with Gasteiger partial charge in [-0.05, 0) is 0 Å². The van der Waals surface area contributed by atoms with E-state index in [-0.39, 0.29) is 0 Å². The fourth-order valence-corrected chi connectivity index (χ4v) is 4.76. The second kappa shape index (κ2) is 14.0. The summed E-state index contributed by atoms with van der Waals surface area (Å²) in [5.41, 5.74) is 0. The van der Waals surface area contributed by atoms with E-state index in [0.29, 0.717) is 0 Å². The van der Waals surface area contributed by atoms with Crippen LogP contribution in [0.2, 0.25) is 0 Å². The van der Waals surface area contributed by atoms with Gasteiger partial charge in [0.1, 0.15) is 73.1 Å². The Morgan fingerprint density at radius 1 is 0.650 bits per heavy atom. The third-order valence-electron chi connectivity index (χ3n) is 6.88. The van der Waals surface area contributed by atoms with E-state index in [4.69, 9.17) is 23.7 Å². The average Bonchev–Trinajstić information content (AvgIpc) is 2.90. The van der Waals surface area contributed by atoms with Gasteiger partial charge in [0.15, 0.2) is 18.9 Å². The predicted octanol–water partition coefficient (Wildman–Crippen LogP) is -7.29. The van der Waals surface area contributed by atoms with Gasteiger partial charge >= 0.3 is 0 Å². The van der Waals surface area contributed by atoms with Gasteiger partial charge in [-0.3, -0.25) is 9.59 Å². The van der Waals surface area contributed by atoms with E-state index in [1.165, 1.54) is 0 Å². The Balaban J connectivity index is 1.85. The number of carbonyl (C=O) groups excluding carboxylic acids is 2. The second-order valence-corrected chi connectivity index (χ2v) is 9.85. The Hall–Kier alpha value is -1.62. The molecule has 0 radical (unpaired) electrons. The lowest BCUT2D eigenvalue weighted by Crippen LogP contribution is -2.69. The topological polar surface area (TPSA) is 286 Å². The molecule has 3 rings (SSSR count). The van der Waals surface area contributed by atoms with Gasteiger partial charge < -0.3 is 80.3 Å².